The number of fused-ring (bicyclic) bond motifs is 1. The van der Waals surface area contributed by atoms with Gasteiger partial charge in [0.2, 0.25) is 0 Å². The molecule has 0 aliphatic carbocycles. The number of nitrogens with one attached hydrogen (secondary N) is 1. The molecule has 0 radical (unpaired) electrons. The van der Waals surface area contributed by atoms with Crippen LogP contribution in [0.1, 0.15) is 30.3 Å². The summed E-state index contributed by atoms with van der Waals surface area (Å²) in [5.41, 5.74) is 3.47. The fourth-order valence-corrected chi connectivity index (χ4v) is 3.96. The Kier molecular flexibility index (Phi) is 5.04. The number of aryl methyl sites for hydroxylation is 2. The zero-order chi connectivity index (χ0) is 17.9. The third kappa shape index (κ3) is 3.52. The number of hydrogen-bond acceptors (Lipinski definition) is 4. The Hall–Kier alpha value is -2.18. The molecule has 0 bridgehead atoms. The van der Waals surface area contributed by atoms with Gasteiger partial charge in [0.25, 0.3) is 0 Å². The highest BCUT2D eigenvalue weighted by atomic mass is 16.5. The average molecular weight is 353 g/mol. The molecule has 2 atom stereocenters. The quantitative estimate of drug-likeness (QED) is 0.693. The van der Waals surface area contributed by atoms with Gasteiger partial charge in [0.1, 0.15) is 5.82 Å². The van der Waals surface area contributed by atoms with E-state index in [-0.39, 0.29) is 6.10 Å². The first kappa shape index (κ1) is 17.2. The highest BCUT2D eigenvalue weighted by Crippen LogP contribution is 2.32. The van der Waals surface area contributed by atoms with Gasteiger partial charge in [0.15, 0.2) is 0 Å². The molecule has 0 spiro atoms. The third-order valence-corrected chi connectivity index (χ3v) is 5.26. The molecule has 1 fully saturated rings. The lowest BCUT2D eigenvalue weighted by atomic mass is 9.91. The van der Waals surface area contributed by atoms with Crippen molar-refractivity contribution < 1.29 is 4.74 Å². The Labute approximate surface area is 154 Å². The van der Waals surface area contributed by atoms with Crippen LogP contribution in [0.3, 0.4) is 0 Å². The molecular weight excluding hydrogens is 326 g/mol. The van der Waals surface area contributed by atoms with Crippen LogP contribution in [0, 0.1) is 12.8 Å². The van der Waals surface area contributed by atoms with Crippen LogP contribution >= 0.6 is 0 Å². The normalized spacial score (nSPS) is 20.7. The molecule has 1 aromatic carbocycles. The van der Waals surface area contributed by atoms with E-state index in [2.05, 4.69) is 51.3 Å². The van der Waals surface area contributed by atoms with Gasteiger partial charge in [0.05, 0.1) is 23.3 Å². The SMILES string of the molecule is Cc1nc2ccccc2n1CCNC[C@@H]1CCCO[C@H]1c1cnn(C)c1. The van der Waals surface area contributed by atoms with E-state index < -0.39 is 0 Å². The first-order valence-electron chi connectivity index (χ1n) is 9.45. The fraction of sp³-hybridized carbons (Fsp3) is 0.500. The number of benzene rings is 1. The second-order valence-corrected chi connectivity index (χ2v) is 7.14. The van der Waals surface area contributed by atoms with Crippen molar-refractivity contribution in [2.45, 2.75) is 32.4 Å². The summed E-state index contributed by atoms with van der Waals surface area (Å²) in [6.07, 6.45) is 6.49. The summed E-state index contributed by atoms with van der Waals surface area (Å²) in [5.74, 6) is 1.57. The van der Waals surface area contributed by atoms with E-state index in [9.17, 15) is 0 Å². The molecule has 0 amide bonds. The first-order valence-corrected chi connectivity index (χ1v) is 9.45. The zero-order valence-corrected chi connectivity index (χ0v) is 15.6. The molecule has 6 heteroatoms. The number of ether oxygens (including phenoxy) is 1. The molecule has 1 N–H and O–H groups in total. The van der Waals surface area contributed by atoms with Gasteiger partial charge in [-0.15, -0.1) is 0 Å². The van der Waals surface area contributed by atoms with Gasteiger partial charge in [-0.1, -0.05) is 12.1 Å². The molecule has 2 aromatic heterocycles. The second kappa shape index (κ2) is 7.60. The smallest absolute Gasteiger partial charge is 0.106 e. The fourth-order valence-electron chi connectivity index (χ4n) is 3.96. The predicted octanol–water partition coefficient (Wildman–Crippen LogP) is 2.84. The maximum Gasteiger partial charge on any atom is 0.106 e. The molecule has 1 aliphatic rings. The molecule has 138 valence electrons. The van der Waals surface area contributed by atoms with Gasteiger partial charge in [0, 0.05) is 51.0 Å². The largest absolute Gasteiger partial charge is 0.373 e. The van der Waals surface area contributed by atoms with Crippen molar-refractivity contribution in [2.24, 2.45) is 13.0 Å². The van der Waals surface area contributed by atoms with Gasteiger partial charge < -0.3 is 14.6 Å². The predicted molar refractivity (Wildman–Crippen MR) is 102 cm³/mol. The second-order valence-electron chi connectivity index (χ2n) is 7.14. The lowest BCUT2D eigenvalue weighted by Crippen LogP contribution is -2.33. The van der Waals surface area contributed by atoms with Crippen molar-refractivity contribution >= 4 is 11.0 Å². The zero-order valence-electron chi connectivity index (χ0n) is 15.6. The highest BCUT2D eigenvalue weighted by molar-refractivity contribution is 5.75. The Morgan fingerprint density at radius 3 is 3.04 bits per heavy atom. The maximum absolute atomic E-state index is 6.06. The third-order valence-electron chi connectivity index (χ3n) is 5.26. The Morgan fingerprint density at radius 2 is 2.19 bits per heavy atom. The number of aromatic nitrogens is 4. The van der Waals surface area contributed by atoms with Crippen LogP contribution in [0.15, 0.2) is 36.7 Å². The van der Waals surface area contributed by atoms with Crippen LogP contribution in [0.25, 0.3) is 11.0 Å². The molecule has 3 aromatic rings. The molecular formula is C20H27N5O. The van der Waals surface area contributed by atoms with E-state index in [0.29, 0.717) is 5.92 Å². The van der Waals surface area contributed by atoms with Crippen molar-refractivity contribution in [3.05, 3.63) is 48.0 Å². The standard InChI is InChI=1S/C20H27N5O/c1-15-23-18-7-3-4-8-19(18)25(15)10-9-21-12-16-6-5-11-26-20(16)17-13-22-24(2)14-17/h3-4,7-8,13-14,16,20-21H,5-6,9-12H2,1-2H3/t16-,20+/m0/s1. The van der Waals surface area contributed by atoms with E-state index in [1.807, 2.05) is 24.0 Å². The molecule has 4 rings (SSSR count). The number of para-hydroxylation sites is 2. The van der Waals surface area contributed by atoms with Crippen molar-refractivity contribution in [3.8, 4) is 0 Å². The molecule has 0 unspecified atom stereocenters. The van der Waals surface area contributed by atoms with Gasteiger partial charge in [-0.05, 0) is 31.9 Å². The van der Waals surface area contributed by atoms with E-state index >= 15 is 0 Å². The lowest BCUT2D eigenvalue weighted by molar-refractivity contribution is -0.0277. The summed E-state index contributed by atoms with van der Waals surface area (Å²) in [4.78, 5) is 4.64. The number of nitrogens with zero attached hydrogens (tertiary/aromatic N) is 4. The van der Waals surface area contributed by atoms with E-state index in [1.165, 1.54) is 17.5 Å². The van der Waals surface area contributed by atoms with Crippen LogP contribution in [0.4, 0.5) is 0 Å². The van der Waals surface area contributed by atoms with Gasteiger partial charge in [-0.25, -0.2) is 4.98 Å². The Bertz CT molecular complexity index is 868. The molecule has 3 heterocycles. The molecule has 26 heavy (non-hydrogen) atoms. The summed E-state index contributed by atoms with van der Waals surface area (Å²) in [7, 11) is 1.96. The monoisotopic (exact) mass is 353 g/mol. The minimum atomic E-state index is 0.153. The van der Waals surface area contributed by atoms with Crippen LogP contribution in [0.2, 0.25) is 0 Å². The summed E-state index contributed by atoms with van der Waals surface area (Å²) in [6, 6.07) is 8.33. The summed E-state index contributed by atoms with van der Waals surface area (Å²) in [6.45, 7) is 5.74. The number of imidazole rings is 1. The van der Waals surface area contributed by atoms with Crippen LogP contribution < -0.4 is 5.32 Å². The van der Waals surface area contributed by atoms with Gasteiger partial charge in [-0.3, -0.25) is 4.68 Å². The summed E-state index contributed by atoms with van der Waals surface area (Å²) < 4.78 is 10.2. The average Bonchev–Trinajstić information content (AvgIpc) is 3.22. The minimum absolute atomic E-state index is 0.153. The number of rotatable bonds is 6. The topological polar surface area (TPSA) is 56.9 Å². The minimum Gasteiger partial charge on any atom is -0.373 e. The van der Waals surface area contributed by atoms with E-state index in [1.54, 1.807) is 0 Å². The van der Waals surface area contributed by atoms with Gasteiger partial charge in [-0.2, -0.15) is 5.10 Å². The van der Waals surface area contributed by atoms with Gasteiger partial charge >= 0.3 is 0 Å². The maximum atomic E-state index is 6.06. The highest BCUT2D eigenvalue weighted by Gasteiger charge is 2.28. The van der Waals surface area contributed by atoms with Crippen molar-refractivity contribution in [1.29, 1.82) is 0 Å². The summed E-state index contributed by atoms with van der Waals surface area (Å²) >= 11 is 0. The first-order chi connectivity index (χ1) is 12.7. The van der Waals surface area contributed by atoms with Crippen molar-refractivity contribution in [3.63, 3.8) is 0 Å². The van der Waals surface area contributed by atoms with Crippen molar-refractivity contribution in [1.82, 2.24) is 24.6 Å². The van der Waals surface area contributed by atoms with Crippen LogP contribution in [-0.4, -0.2) is 39.0 Å². The lowest BCUT2D eigenvalue weighted by Gasteiger charge is -2.31. The molecule has 6 nitrogen and oxygen atoms in total. The van der Waals surface area contributed by atoms with Crippen LogP contribution in [0.5, 0.6) is 0 Å². The molecule has 1 saturated heterocycles. The Balaban J connectivity index is 1.35. The number of hydrogen-bond donors (Lipinski definition) is 1. The summed E-state index contributed by atoms with van der Waals surface area (Å²) in [5, 5.41) is 7.94. The van der Waals surface area contributed by atoms with Crippen molar-refractivity contribution in [2.75, 3.05) is 19.7 Å². The van der Waals surface area contributed by atoms with E-state index in [0.717, 1.165) is 44.0 Å². The molecule has 0 saturated carbocycles. The molecule has 1 aliphatic heterocycles. The Morgan fingerprint density at radius 1 is 1.31 bits per heavy atom. The van der Waals surface area contributed by atoms with E-state index in [4.69, 9.17) is 4.74 Å². The van der Waals surface area contributed by atoms with Crippen LogP contribution in [-0.2, 0) is 18.3 Å².